The Morgan fingerprint density at radius 3 is 2.38 bits per heavy atom. The normalized spacial score (nSPS) is 16.8. The van der Waals surface area contributed by atoms with Gasteiger partial charge in [0.2, 0.25) is 0 Å². The molecule has 0 radical (unpaired) electrons. The fourth-order valence-electron chi connectivity index (χ4n) is 2.08. The number of thiocarbonyl (C=S) groups is 1. The molecule has 21 heavy (non-hydrogen) atoms. The fourth-order valence-corrected chi connectivity index (χ4v) is 3.38. The van der Waals surface area contributed by atoms with Gasteiger partial charge in [0.1, 0.15) is 0 Å². The number of carbonyl (C=O) groups is 1. The Morgan fingerprint density at radius 2 is 1.71 bits per heavy atom. The van der Waals surface area contributed by atoms with Gasteiger partial charge in [-0.05, 0) is 30.7 Å². The standard InChI is InChI=1S/C17H13NOS2/c1-12-7-9-13(10-8-12)11-15-16(19)18(17(20)21-15)14-5-3-2-4-6-14/h2-11H,1H3/b15-11+. The first-order valence-corrected chi connectivity index (χ1v) is 7.77. The summed E-state index contributed by atoms with van der Waals surface area (Å²) in [6.07, 6.45) is 1.89. The smallest absolute Gasteiger partial charge is 0.268 e. The van der Waals surface area contributed by atoms with Crippen LogP contribution in [0.15, 0.2) is 59.5 Å². The quantitative estimate of drug-likeness (QED) is 0.605. The van der Waals surface area contributed by atoms with E-state index < -0.39 is 0 Å². The zero-order chi connectivity index (χ0) is 14.8. The molecule has 104 valence electrons. The molecule has 1 aliphatic heterocycles. The van der Waals surface area contributed by atoms with Crippen molar-refractivity contribution in [2.75, 3.05) is 4.90 Å². The molecule has 0 spiro atoms. The van der Waals surface area contributed by atoms with Crippen molar-refractivity contribution < 1.29 is 4.79 Å². The van der Waals surface area contributed by atoms with Crippen molar-refractivity contribution in [1.82, 2.24) is 0 Å². The van der Waals surface area contributed by atoms with E-state index >= 15 is 0 Å². The van der Waals surface area contributed by atoms with Gasteiger partial charge in [0, 0.05) is 0 Å². The van der Waals surface area contributed by atoms with E-state index in [0.717, 1.165) is 11.3 Å². The molecule has 0 saturated carbocycles. The zero-order valence-corrected chi connectivity index (χ0v) is 13.1. The molecule has 1 amide bonds. The second-order valence-corrected chi connectivity index (χ2v) is 6.44. The van der Waals surface area contributed by atoms with Crippen LogP contribution < -0.4 is 4.90 Å². The predicted molar refractivity (Wildman–Crippen MR) is 93.3 cm³/mol. The Bertz CT molecular complexity index is 720. The molecule has 0 unspecified atom stereocenters. The number of para-hydroxylation sites is 1. The average Bonchev–Trinajstić information content (AvgIpc) is 2.77. The van der Waals surface area contributed by atoms with Gasteiger partial charge in [-0.25, -0.2) is 0 Å². The lowest BCUT2D eigenvalue weighted by molar-refractivity contribution is -0.113. The molecule has 4 heteroatoms. The van der Waals surface area contributed by atoms with Crippen molar-refractivity contribution in [3.05, 3.63) is 70.6 Å². The Kier molecular flexibility index (Phi) is 3.90. The highest BCUT2D eigenvalue weighted by Crippen LogP contribution is 2.35. The van der Waals surface area contributed by atoms with Gasteiger partial charge in [-0.3, -0.25) is 9.69 Å². The molecule has 2 nitrogen and oxygen atoms in total. The molecule has 3 rings (SSSR count). The summed E-state index contributed by atoms with van der Waals surface area (Å²) < 4.78 is 0.574. The van der Waals surface area contributed by atoms with Crippen LogP contribution in [0, 0.1) is 6.92 Å². The van der Waals surface area contributed by atoms with Crippen LogP contribution in [0.4, 0.5) is 5.69 Å². The summed E-state index contributed by atoms with van der Waals surface area (Å²) in [7, 11) is 0. The number of amides is 1. The number of benzene rings is 2. The van der Waals surface area contributed by atoms with E-state index in [1.165, 1.54) is 17.3 Å². The first-order chi connectivity index (χ1) is 10.1. The minimum Gasteiger partial charge on any atom is -0.268 e. The summed E-state index contributed by atoms with van der Waals surface area (Å²) in [4.78, 5) is 14.8. The Morgan fingerprint density at radius 1 is 1.05 bits per heavy atom. The fraction of sp³-hybridized carbons (Fsp3) is 0.0588. The Hall–Kier alpha value is -1.91. The highest BCUT2D eigenvalue weighted by Gasteiger charge is 2.32. The highest BCUT2D eigenvalue weighted by molar-refractivity contribution is 8.27. The number of rotatable bonds is 2. The van der Waals surface area contributed by atoms with Gasteiger partial charge in [-0.1, -0.05) is 72.0 Å². The number of nitrogens with zero attached hydrogens (tertiary/aromatic N) is 1. The highest BCUT2D eigenvalue weighted by atomic mass is 32.2. The number of hydrogen-bond acceptors (Lipinski definition) is 3. The van der Waals surface area contributed by atoms with Gasteiger partial charge in [0.05, 0.1) is 10.6 Å². The third-order valence-corrected chi connectivity index (χ3v) is 4.49. The van der Waals surface area contributed by atoms with E-state index in [2.05, 4.69) is 0 Å². The van der Waals surface area contributed by atoms with Crippen LogP contribution in [0.25, 0.3) is 6.08 Å². The maximum atomic E-state index is 12.5. The maximum absolute atomic E-state index is 12.5. The maximum Gasteiger partial charge on any atom is 0.270 e. The second-order valence-electron chi connectivity index (χ2n) is 4.76. The molecule has 2 aromatic carbocycles. The van der Waals surface area contributed by atoms with E-state index in [9.17, 15) is 4.79 Å². The lowest BCUT2D eigenvalue weighted by Crippen LogP contribution is -2.27. The number of thioether (sulfide) groups is 1. The minimum absolute atomic E-state index is 0.0585. The SMILES string of the molecule is Cc1ccc(/C=C2/SC(=S)N(c3ccccc3)C2=O)cc1. The molecule has 1 saturated heterocycles. The molecular weight excluding hydrogens is 298 g/mol. The van der Waals surface area contributed by atoms with E-state index in [-0.39, 0.29) is 5.91 Å². The molecule has 0 N–H and O–H groups in total. The lowest BCUT2D eigenvalue weighted by Gasteiger charge is -2.13. The van der Waals surface area contributed by atoms with Crippen molar-refractivity contribution in [3.63, 3.8) is 0 Å². The molecule has 2 aromatic rings. The van der Waals surface area contributed by atoms with Crippen LogP contribution in [0.1, 0.15) is 11.1 Å². The third kappa shape index (κ3) is 2.91. The van der Waals surface area contributed by atoms with E-state index in [0.29, 0.717) is 9.23 Å². The van der Waals surface area contributed by atoms with Crippen molar-refractivity contribution in [2.45, 2.75) is 6.92 Å². The largest absolute Gasteiger partial charge is 0.270 e. The number of carbonyl (C=O) groups excluding carboxylic acids is 1. The summed E-state index contributed by atoms with van der Waals surface area (Å²) in [6, 6.07) is 17.6. The summed E-state index contributed by atoms with van der Waals surface area (Å²) in [5.41, 5.74) is 3.02. The van der Waals surface area contributed by atoms with Gasteiger partial charge in [0.15, 0.2) is 4.32 Å². The summed E-state index contributed by atoms with van der Waals surface area (Å²) >= 11 is 6.69. The molecule has 0 aliphatic carbocycles. The van der Waals surface area contributed by atoms with Crippen LogP contribution in [0.5, 0.6) is 0 Å². The monoisotopic (exact) mass is 311 g/mol. The summed E-state index contributed by atoms with van der Waals surface area (Å²) in [5.74, 6) is -0.0585. The van der Waals surface area contributed by atoms with Crippen molar-refractivity contribution >= 4 is 46.0 Å². The topological polar surface area (TPSA) is 20.3 Å². The summed E-state index contributed by atoms with van der Waals surface area (Å²) in [5, 5.41) is 0. The molecule has 0 bridgehead atoms. The van der Waals surface area contributed by atoms with E-state index in [1.54, 1.807) is 4.90 Å². The van der Waals surface area contributed by atoms with Gasteiger partial charge in [-0.2, -0.15) is 0 Å². The molecule has 0 aromatic heterocycles. The van der Waals surface area contributed by atoms with Crippen LogP contribution in [-0.4, -0.2) is 10.2 Å². The van der Waals surface area contributed by atoms with Crippen LogP contribution in [-0.2, 0) is 4.79 Å². The third-order valence-electron chi connectivity index (χ3n) is 3.18. The molecule has 0 atom stereocenters. The number of anilines is 1. The average molecular weight is 311 g/mol. The van der Waals surface area contributed by atoms with E-state index in [4.69, 9.17) is 12.2 Å². The van der Waals surface area contributed by atoms with Gasteiger partial charge in [0.25, 0.3) is 5.91 Å². The van der Waals surface area contributed by atoms with Crippen LogP contribution in [0.3, 0.4) is 0 Å². The second kappa shape index (κ2) is 5.84. The summed E-state index contributed by atoms with van der Waals surface area (Å²) in [6.45, 7) is 2.04. The predicted octanol–water partition coefficient (Wildman–Crippen LogP) is 4.40. The van der Waals surface area contributed by atoms with Crippen molar-refractivity contribution in [3.8, 4) is 0 Å². The van der Waals surface area contributed by atoms with Crippen molar-refractivity contribution in [1.29, 1.82) is 0 Å². The molecule has 1 heterocycles. The molecule has 1 fully saturated rings. The molecular formula is C17H13NOS2. The van der Waals surface area contributed by atoms with Gasteiger partial charge in [-0.15, -0.1) is 0 Å². The Balaban J connectivity index is 1.92. The first-order valence-electron chi connectivity index (χ1n) is 6.55. The van der Waals surface area contributed by atoms with Crippen molar-refractivity contribution in [2.24, 2.45) is 0 Å². The number of aryl methyl sites for hydroxylation is 1. The minimum atomic E-state index is -0.0585. The molecule has 1 aliphatic rings. The zero-order valence-electron chi connectivity index (χ0n) is 11.4. The van der Waals surface area contributed by atoms with E-state index in [1.807, 2.05) is 67.6 Å². The lowest BCUT2D eigenvalue weighted by atomic mass is 10.1. The van der Waals surface area contributed by atoms with Crippen LogP contribution in [0.2, 0.25) is 0 Å². The van der Waals surface area contributed by atoms with Gasteiger partial charge < -0.3 is 0 Å². The van der Waals surface area contributed by atoms with Gasteiger partial charge >= 0.3 is 0 Å². The van der Waals surface area contributed by atoms with Crippen LogP contribution >= 0.6 is 24.0 Å². The number of hydrogen-bond donors (Lipinski definition) is 0. The first kappa shape index (κ1) is 14.0. The Labute approximate surface area is 133 Å².